The molecule has 0 amide bonds. The number of fused-ring (bicyclic) bond motifs is 1. The summed E-state index contributed by atoms with van der Waals surface area (Å²) < 4.78 is 0. The smallest absolute Gasteiger partial charge is 0.132 e. The molecule has 0 unspecified atom stereocenters. The molecule has 0 atom stereocenters. The van der Waals surface area contributed by atoms with Crippen molar-refractivity contribution in [2.24, 2.45) is 5.73 Å². The van der Waals surface area contributed by atoms with Gasteiger partial charge in [-0.3, -0.25) is 5.10 Å². The number of hydrogen-bond donors (Lipinski definition) is 2. The number of nitrogens with zero attached hydrogens (tertiary/aromatic N) is 1. The molecule has 0 spiro atoms. The van der Waals surface area contributed by atoms with Gasteiger partial charge in [-0.1, -0.05) is 17.7 Å². The summed E-state index contributed by atoms with van der Waals surface area (Å²) in [5.74, 6) is 0. The number of nitrogens with one attached hydrogen (secondary N) is 1. The van der Waals surface area contributed by atoms with Crippen molar-refractivity contribution < 1.29 is 0 Å². The second kappa shape index (κ2) is 2.77. The topological polar surface area (TPSA) is 54.7 Å². The number of benzene rings is 1. The van der Waals surface area contributed by atoms with Gasteiger partial charge in [-0.05, 0) is 17.7 Å². The maximum absolute atomic E-state index is 5.82. The standard InChI is InChI=1S/C8H8ClN3/c9-8-6-2-1-5(4-10)3-7(6)11-12-8/h1-3H,4,10H2,(H,11,12). The molecule has 0 bridgehead atoms. The van der Waals surface area contributed by atoms with Gasteiger partial charge in [0, 0.05) is 11.9 Å². The number of rotatable bonds is 1. The molecule has 0 saturated carbocycles. The Bertz CT molecular complexity index is 408. The third-order valence-corrected chi connectivity index (χ3v) is 2.10. The van der Waals surface area contributed by atoms with Gasteiger partial charge in [0.15, 0.2) is 0 Å². The van der Waals surface area contributed by atoms with Crippen molar-refractivity contribution in [3.63, 3.8) is 0 Å². The molecule has 62 valence electrons. The minimum atomic E-state index is 0.528. The summed E-state index contributed by atoms with van der Waals surface area (Å²) in [5, 5.41) is 8.23. The first-order valence-electron chi connectivity index (χ1n) is 3.64. The van der Waals surface area contributed by atoms with Crippen molar-refractivity contribution in [2.45, 2.75) is 6.54 Å². The van der Waals surface area contributed by atoms with Gasteiger partial charge in [0.1, 0.15) is 5.15 Å². The average molecular weight is 182 g/mol. The Labute approximate surface area is 74.5 Å². The highest BCUT2D eigenvalue weighted by Crippen LogP contribution is 2.20. The van der Waals surface area contributed by atoms with E-state index in [1.54, 1.807) is 0 Å². The largest absolute Gasteiger partial charge is 0.326 e. The summed E-state index contributed by atoms with van der Waals surface area (Å²) in [6.45, 7) is 0.528. The van der Waals surface area contributed by atoms with E-state index in [0.29, 0.717) is 11.7 Å². The molecule has 4 heteroatoms. The molecule has 0 saturated heterocycles. The molecule has 2 rings (SSSR count). The highest BCUT2D eigenvalue weighted by Gasteiger charge is 2.01. The molecule has 0 aliphatic heterocycles. The summed E-state index contributed by atoms with van der Waals surface area (Å²) in [5.41, 5.74) is 7.40. The molecule has 0 radical (unpaired) electrons. The maximum Gasteiger partial charge on any atom is 0.132 e. The zero-order chi connectivity index (χ0) is 8.55. The summed E-state index contributed by atoms with van der Waals surface area (Å²) in [6.07, 6.45) is 0. The second-order valence-corrected chi connectivity index (χ2v) is 2.97. The highest BCUT2D eigenvalue weighted by atomic mass is 35.5. The van der Waals surface area contributed by atoms with Crippen LogP contribution in [0.25, 0.3) is 10.9 Å². The minimum Gasteiger partial charge on any atom is -0.326 e. The molecule has 1 aromatic carbocycles. The lowest BCUT2D eigenvalue weighted by molar-refractivity contribution is 1.07. The summed E-state index contributed by atoms with van der Waals surface area (Å²) in [6, 6.07) is 5.80. The maximum atomic E-state index is 5.82. The average Bonchev–Trinajstić information content (AvgIpc) is 2.47. The van der Waals surface area contributed by atoms with Gasteiger partial charge < -0.3 is 5.73 Å². The normalized spacial score (nSPS) is 10.8. The fourth-order valence-electron chi connectivity index (χ4n) is 1.15. The lowest BCUT2D eigenvalue weighted by atomic mass is 10.2. The van der Waals surface area contributed by atoms with E-state index in [1.165, 1.54) is 0 Å². The monoisotopic (exact) mass is 181 g/mol. The molecule has 0 aliphatic rings. The van der Waals surface area contributed by atoms with Gasteiger partial charge in [0.05, 0.1) is 5.52 Å². The van der Waals surface area contributed by atoms with Gasteiger partial charge in [-0.25, -0.2) is 0 Å². The van der Waals surface area contributed by atoms with Crippen molar-refractivity contribution >= 4 is 22.5 Å². The molecule has 3 nitrogen and oxygen atoms in total. The fourth-order valence-corrected chi connectivity index (χ4v) is 1.35. The molecule has 1 aromatic heterocycles. The fraction of sp³-hybridized carbons (Fsp3) is 0.125. The van der Waals surface area contributed by atoms with Gasteiger partial charge in [0.2, 0.25) is 0 Å². The molecule has 0 aliphatic carbocycles. The van der Waals surface area contributed by atoms with Crippen LogP contribution in [-0.2, 0) is 6.54 Å². The lowest BCUT2D eigenvalue weighted by Gasteiger charge is -1.94. The van der Waals surface area contributed by atoms with Crippen LogP contribution in [-0.4, -0.2) is 10.2 Å². The van der Waals surface area contributed by atoms with Gasteiger partial charge in [-0.15, -0.1) is 0 Å². The molecule has 2 aromatic rings. The van der Waals surface area contributed by atoms with Crippen LogP contribution in [0.1, 0.15) is 5.56 Å². The zero-order valence-electron chi connectivity index (χ0n) is 6.34. The number of halogens is 1. The van der Waals surface area contributed by atoms with Crippen LogP contribution >= 0.6 is 11.6 Å². The Morgan fingerprint density at radius 2 is 2.33 bits per heavy atom. The van der Waals surface area contributed by atoms with Gasteiger partial charge >= 0.3 is 0 Å². The Kier molecular flexibility index (Phi) is 1.75. The number of aromatic nitrogens is 2. The first-order chi connectivity index (χ1) is 5.81. The minimum absolute atomic E-state index is 0.528. The van der Waals surface area contributed by atoms with Crippen LogP contribution in [0.3, 0.4) is 0 Å². The third-order valence-electron chi connectivity index (χ3n) is 1.81. The highest BCUT2D eigenvalue weighted by molar-refractivity contribution is 6.34. The number of hydrogen-bond acceptors (Lipinski definition) is 2. The molecular formula is C8H8ClN3. The molecule has 12 heavy (non-hydrogen) atoms. The van der Waals surface area contributed by atoms with E-state index >= 15 is 0 Å². The zero-order valence-corrected chi connectivity index (χ0v) is 7.10. The van der Waals surface area contributed by atoms with Crippen molar-refractivity contribution in [2.75, 3.05) is 0 Å². The molecule has 1 heterocycles. The van der Waals surface area contributed by atoms with E-state index in [-0.39, 0.29) is 0 Å². The molecule has 0 fully saturated rings. The SMILES string of the molecule is NCc1ccc2c(Cl)[nH]nc2c1. The Balaban J connectivity index is 2.69. The first-order valence-corrected chi connectivity index (χ1v) is 4.01. The quantitative estimate of drug-likeness (QED) is 0.703. The van der Waals surface area contributed by atoms with Crippen molar-refractivity contribution in [1.82, 2.24) is 10.2 Å². The van der Waals surface area contributed by atoms with Crippen LogP contribution in [0.2, 0.25) is 5.15 Å². The molecule has 3 N–H and O–H groups in total. The van der Waals surface area contributed by atoms with Crippen LogP contribution in [0.4, 0.5) is 0 Å². The summed E-state index contributed by atoms with van der Waals surface area (Å²) >= 11 is 5.82. The Morgan fingerprint density at radius 1 is 1.50 bits per heavy atom. The first kappa shape index (κ1) is 7.58. The Morgan fingerprint density at radius 3 is 3.08 bits per heavy atom. The summed E-state index contributed by atoms with van der Waals surface area (Å²) in [4.78, 5) is 0. The van der Waals surface area contributed by atoms with E-state index in [2.05, 4.69) is 10.2 Å². The van der Waals surface area contributed by atoms with E-state index in [1.807, 2.05) is 18.2 Å². The van der Waals surface area contributed by atoms with E-state index < -0.39 is 0 Å². The number of nitrogens with two attached hydrogens (primary N) is 1. The third kappa shape index (κ3) is 1.07. The number of aromatic amines is 1. The summed E-state index contributed by atoms with van der Waals surface area (Å²) in [7, 11) is 0. The van der Waals surface area contributed by atoms with E-state index in [4.69, 9.17) is 17.3 Å². The molecular weight excluding hydrogens is 174 g/mol. The van der Waals surface area contributed by atoms with E-state index in [9.17, 15) is 0 Å². The Hall–Kier alpha value is -1.06. The van der Waals surface area contributed by atoms with Crippen LogP contribution in [0.5, 0.6) is 0 Å². The predicted molar refractivity (Wildman–Crippen MR) is 49.0 cm³/mol. The predicted octanol–water partition coefficient (Wildman–Crippen LogP) is 1.67. The van der Waals surface area contributed by atoms with Crippen molar-refractivity contribution in [3.8, 4) is 0 Å². The van der Waals surface area contributed by atoms with Gasteiger partial charge in [0.25, 0.3) is 0 Å². The van der Waals surface area contributed by atoms with Crippen LogP contribution in [0.15, 0.2) is 18.2 Å². The van der Waals surface area contributed by atoms with E-state index in [0.717, 1.165) is 16.5 Å². The van der Waals surface area contributed by atoms with Crippen molar-refractivity contribution in [1.29, 1.82) is 0 Å². The lowest BCUT2D eigenvalue weighted by Crippen LogP contribution is -1.94. The number of H-pyrrole nitrogens is 1. The van der Waals surface area contributed by atoms with Crippen molar-refractivity contribution in [3.05, 3.63) is 28.9 Å². The second-order valence-electron chi connectivity index (χ2n) is 2.59. The van der Waals surface area contributed by atoms with Crippen LogP contribution in [0, 0.1) is 0 Å². The van der Waals surface area contributed by atoms with Crippen LogP contribution < -0.4 is 5.73 Å². The van der Waals surface area contributed by atoms with Gasteiger partial charge in [-0.2, -0.15) is 5.10 Å².